The Hall–Kier alpha value is -2.23. The fourth-order valence-corrected chi connectivity index (χ4v) is 1.35. The maximum absolute atomic E-state index is 13.4. The van der Waals surface area contributed by atoms with E-state index in [1.807, 2.05) is 0 Å². The summed E-state index contributed by atoms with van der Waals surface area (Å²) in [6.45, 7) is 0. The summed E-state index contributed by atoms with van der Waals surface area (Å²) < 4.78 is 13.4. The molecule has 0 saturated heterocycles. The van der Waals surface area contributed by atoms with Gasteiger partial charge in [-0.2, -0.15) is 0 Å². The van der Waals surface area contributed by atoms with Crippen LogP contribution in [0.5, 0.6) is 0 Å². The topological polar surface area (TPSA) is 50.2 Å². The number of hydrogen-bond donors (Lipinski definition) is 1. The molecule has 0 amide bonds. The van der Waals surface area contributed by atoms with Crippen LogP contribution in [0.3, 0.4) is 0 Å². The van der Waals surface area contributed by atoms with E-state index in [9.17, 15) is 9.18 Å². The summed E-state index contributed by atoms with van der Waals surface area (Å²) in [6, 6.07) is 9.11. The van der Waals surface area contributed by atoms with Crippen LogP contribution in [0, 0.1) is 5.82 Å². The molecule has 2 rings (SSSR count). The minimum absolute atomic E-state index is 0.0834. The summed E-state index contributed by atoms with van der Waals surface area (Å²) >= 11 is 0. The number of aromatic nitrogens is 1. The normalized spacial score (nSPS) is 10.1. The number of hydrogen-bond acceptors (Lipinski definition) is 2. The zero-order valence-electron chi connectivity index (χ0n) is 8.22. The number of pyridine rings is 1. The van der Waals surface area contributed by atoms with Crippen molar-refractivity contribution >= 4 is 5.97 Å². The highest BCUT2D eigenvalue weighted by Crippen LogP contribution is 2.20. The lowest BCUT2D eigenvalue weighted by molar-refractivity contribution is 0.0696. The molecule has 1 aromatic carbocycles. The molecule has 0 bridgehead atoms. The molecular formula is C12H8FNO2. The van der Waals surface area contributed by atoms with Crippen molar-refractivity contribution in [2.75, 3.05) is 0 Å². The van der Waals surface area contributed by atoms with Gasteiger partial charge >= 0.3 is 5.97 Å². The van der Waals surface area contributed by atoms with Crippen LogP contribution < -0.4 is 0 Å². The molecule has 2 aromatic rings. The van der Waals surface area contributed by atoms with Gasteiger partial charge in [-0.3, -0.25) is 4.98 Å². The Bertz CT molecular complexity index is 523. The van der Waals surface area contributed by atoms with Gasteiger partial charge in [0.15, 0.2) is 0 Å². The van der Waals surface area contributed by atoms with Crippen LogP contribution in [0.1, 0.15) is 10.4 Å². The molecule has 0 aliphatic carbocycles. The van der Waals surface area contributed by atoms with Gasteiger partial charge in [-0.15, -0.1) is 0 Å². The predicted molar refractivity (Wildman–Crippen MR) is 56.6 cm³/mol. The van der Waals surface area contributed by atoms with Crippen molar-refractivity contribution in [1.29, 1.82) is 0 Å². The summed E-state index contributed by atoms with van der Waals surface area (Å²) in [5.74, 6) is -1.43. The van der Waals surface area contributed by atoms with Crippen molar-refractivity contribution in [1.82, 2.24) is 4.98 Å². The van der Waals surface area contributed by atoms with Gasteiger partial charge in [0.2, 0.25) is 0 Å². The zero-order chi connectivity index (χ0) is 11.5. The third-order valence-electron chi connectivity index (χ3n) is 2.16. The van der Waals surface area contributed by atoms with Crippen LogP contribution in [0.15, 0.2) is 42.6 Å². The van der Waals surface area contributed by atoms with Crippen molar-refractivity contribution in [3.05, 3.63) is 54.0 Å². The SMILES string of the molecule is O=C(O)c1ccc(-c2ccccc2F)nc1. The molecule has 1 aromatic heterocycles. The molecule has 4 heteroatoms. The molecule has 80 valence electrons. The number of carboxylic acid groups (broad SMARTS) is 1. The van der Waals surface area contributed by atoms with Crippen LogP contribution in [0.25, 0.3) is 11.3 Å². The van der Waals surface area contributed by atoms with Crippen molar-refractivity contribution in [3.63, 3.8) is 0 Å². The Labute approximate surface area is 91.2 Å². The van der Waals surface area contributed by atoms with Gasteiger partial charge in [0.05, 0.1) is 11.3 Å². The summed E-state index contributed by atoms with van der Waals surface area (Å²) in [5, 5.41) is 8.69. The van der Waals surface area contributed by atoms with E-state index >= 15 is 0 Å². The highest BCUT2D eigenvalue weighted by atomic mass is 19.1. The molecule has 3 nitrogen and oxygen atoms in total. The molecular weight excluding hydrogens is 209 g/mol. The lowest BCUT2D eigenvalue weighted by Crippen LogP contribution is -1.97. The van der Waals surface area contributed by atoms with E-state index in [1.54, 1.807) is 18.2 Å². The summed E-state index contributed by atoms with van der Waals surface area (Å²) in [6.07, 6.45) is 1.21. The van der Waals surface area contributed by atoms with Gasteiger partial charge in [-0.1, -0.05) is 12.1 Å². The first-order valence-electron chi connectivity index (χ1n) is 4.63. The van der Waals surface area contributed by atoms with Crippen LogP contribution in [0.2, 0.25) is 0 Å². The first-order valence-corrected chi connectivity index (χ1v) is 4.63. The number of halogens is 1. The molecule has 0 atom stereocenters. The number of nitrogens with zero attached hydrogens (tertiary/aromatic N) is 1. The second kappa shape index (κ2) is 4.10. The van der Waals surface area contributed by atoms with E-state index < -0.39 is 5.97 Å². The van der Waals surface area contributed by atoms with Gasteiger partial charge < -0.3 is 5.11 Å². The van der Waals surface area contributed by atoms with Crippen LogP contribution in [-0.2, 0) is 0 Å². The predicted octanol–water partition coefficient (Wildman–Crippen LogP) is 2.59. The standard InChI is InChI=1S/C12H8FNO2/c13-10-4-2-1-3-9(10)11-6-5-8(7-14-11)12(15)16/h1-7H,(H,15,16). The Morgan fingerprint density at radius 2 is 1.94 bits per heavy atom. The van der Waals surface area contributed by atoms with Crippen molar-refractivity contribution < 1.29 is 14.3 Å². The number of rotatable bonds is 2. The third kappa shape index (κ3) is 1.91. The van der Waals surface area contributed by atoms with Crippen LogP contribution >= 0.6 is 0 Å². The average Bonchev–Trinajstić information content (AvgIpc) is 2.30. The molecule has 0 fully saturated rings. The minimum atomic E-state index is -1.05. The lowest BCUT2D eigenvalue weighted by atomic mass is 10.1. The Morgan fingerprint density at radius 3 is 2.50 bits per heavy atom. The molecule has 0 unspecified atom stereocenters. The van der Waals surface area contributed by atoms with Gasteiger partial charge in [0.25, 0.3) is 0 Å². The van der Waals surface area contributed by atoms with E-state index in [4.69, 9.17) is 5.11 Å². The number of aromatic carboxylic acids is 1. The Balaban J connectivity index is 2.43. The van der Waals surface area contributed by atoms with E-state index in [0.717, 1.165) is 0 Å². The quantitative estimate of drug-likeness (QED) is 0.841. The van der Waals surface area contributed by atoms with Crippen LogP contribution in [-0.4, -0.2) is 16.1 Å². The van der Waals surface area contributed by atoms with Gasteiger partial charge in [0, 0.05) is 11.8 Å². The maximum atomic E-state index is 13.4. The first kappa shape index (κ1) is 10.3. The largest absolute Gasteiger partial charge is 0.478 e. The van der Waals surface area contributed by atoms with Crippen molar-refractivity contribution in [2.45, 2.75) is 0 Å². The number of carbonyl (C=O) groups is 1. The molecule has 16 heavy (non-hydrogen) atoms. The number of carboxylic acids is 1. The van der Waals surface area contributed by atoms with E-state index in [1.165, 1.54) is 24.4 Å². The highest BCUT2D eigenvalue weighted by Gasteiger charge is 2.07. The fourth-order valence-electron chi connectivity index (χ4n) is 1.35. The molecule has 0 spiro atoms. The molecule has 0 aliphatic heterocycles. The molecule has 1 heterocycles. The molecule has 0 aliphatic rings. The molecule has 0 radical (unpaired) electrons. The first-order chi connectivity index (χ1) is 7.68. The van der Waals surface area contributed by atoms with Crippen molar-refractivity contribution in [2.24, 2.45) is 0 Å². The van der Waals surface area contributed by atoms with E-state index in [2.05, 4.69) is 4.98 Å². The van der Waals surface area contributed by atoms with E-state index in [0.29, 0.717) is 11.3 Å². The third-order valence-corrected chi connectivity index (χ3v) is 2.16. The average molecular weight is 217 g/mol. The summed E-state index contributed by atoms with van der Waals surface area (Å²) in [5.41, 5.74) is 0.864. The second-order valence-electron chi connectivity index (χ2n) is 3.22. The van der Waals surface area contributed by atoms with Gasteiger partial charge in [0.1, 0.15) is 5.82 Å². The summed E-state index contributed by atoms with van der Waals surface area (Å²) in [4.78, 5) is 14.5. The van der Waals surface area contributed by atoms with Gasteiger partial charge in [-0.25, -0.2) is 9.18 Å². The monoisotopic (exact) mass is 217 g/mol. The van der Waals surface area contributed by atoms with Crippen molar-refractivity contribution in [3.8, 4) is 11.3 Å². The second-order valence-corrected chi connectivity index (χ2v) is 3.22. The van der Waals surface area contributed by atoms with Crippen LogP contribution in [0.4, 0.5) is 4.39 Å². The molecule has 1 N–H and O–H groups in total. The zero-order valence-corrected chi connectivity index (χ0v) is 8.22. The lowest BCUT2D eigenvalue weighted by Gasteiger charge is -2.02. The fraction of sp³-hybridized carbons (Fsp3) is 0. The molecule has 0 saturated carbocycles. The minimum Gasteiger partial charge on any atom is -0.478 e. The highest BCUT2D eigenvalue weighted by molar-refractivity contribution is 5.87. The Kier molecular flexibility index (Phi) is 2.64. The summed E-state index contributed by atoms with van der Waals surface area (Å²) in [7, 11) is 0. The maximum Gasteiger partial charge on any atom is 0.337 e. The van der Waals surface area contributed by atoms with E-state index in [-0.39, 0.29) is 11.4 Å². The Morgan fingerprint density at radius 1 is 1.19 bits per heavy atom. The smallest absolute Gasteiger partial charge is 0.337 e. The number of benzene rings is 1. The van der Waals surface area contributed by atoms with Gasteiger partial charge in [-0.05, 0) is 24.3 Å².